The number of nitrogens with one attached hydrogen (secondary N) is 1. The van der Waals surface area contributed by atoms with Crippen LogP contribution in [-0.4, -0.2) is 33.1 Å². The van der Waals surface area contributed by atoms with Crippen molar-refractivity contribution in [1.29, 1.82) is 0 Å². The lowest BCUT2D eigenvalue weighted by Crippen LogP contribution is -2.40. The van der Waals surface area contributed by atoms with Crippen LogP contribution >= 0.6 is 15.9 Å². The van der Waals surface area contributed by atoms with Gasteiger partial charge in [0.2, 0.25) is 0 Å². The topological polar surface area (TPSA) is 67.3 Å². The molecular weight excluding hydrogens is 456 g/mol. The largest absolute Gasteiger partial charge is 0.444 e. The van der Waals surface area contributed by atoms with Gasteiger partial charge in [-0.1, -0.05) is 52.3 Å². The molecule has 6 nitrogen and oxygen atoms in total. The molecule has 0 saturated heterocycles. The van der Waals surface area contributed by atoms with E-state index >= 15 is 0 Å². The summed E-state index contributed by atoms with van der Waals surface area (Å²) in [6, 6.07) is 17.8. The average molecular weight is 481 g/mol. The van der Waals surface area contributed by atoms with Gasteiger partial charge in [0.15, 0.2) is 5.82 Å². The number of rotatable bonds is 3. The summed E-state index contributed by atoms with van der Waals surface area (Å²) in [5, 5.41) is 3.43. The van der Waals surface area contributed by atoms with Gasteiger partial charge in [0, 0.05) is 34.3 Å². The molecule has 31 heavy (non-hydrogen) atoms. The minimum atomic E-state index is -0.539. The van der Waals surface area contributed by atoms with Crippen molar-refractivity contribution in [1.82, 2.24) is 14.9 Å². The lowest BCUT2D eigenvalue weighted by atomic mass is 10.1. The Kier molecular flexibility index (Phi) is 5.96. The van der Waals surface area contributed by atoms with Crippen molar-refractivity contribution in [3.63, 3.8) is 0 Å². The van der Waals surface area contributed by atoms with Crippen LogP contribution < -0.4 is 5.32 Å². The standard InChI is InChI=1S/C24H25BrN4O2/c1-24(2,3)31-23(30)29-13-12-20-19(15-29)22(26-18-11-7-10-17(25)14-18)28-21(27-20)16-8-5-4-6-9-16/h4-11,14H,12-13,15H2,1-3H3,(H,26,27,28). The fourth-order valence-corrected chi connectivity index (χ4v) is 3.82. The number of fused-ring (bicyclic) bond motifs is 1. The maximum Gasteiger partial charge on any atom is 0.410 e. The molecule has 0 atom stereocenters. The number of aromatic nitrogens is 2. The van der Waals surface area contributed by atoms with Crippen molar-refractivity contribution in [2.45, 2.75) is 39.3 Å². The van der Waals surface area contributed by atoms with Crippen LogP contribution in [0.4, 0.5) is 16.3 Å². The highest BCUT2D eigenvalue weighted by Crippen LogP contribution is 2.30. The highest BCUT2D eigenvalue weighted by atomic mass is 79.9. The van der Waals surface area contributed by atoms with Gasteiger partial charge in [-0.3, -0.25) is 0 Å². The molecule has 160 valence electrons. The average Bonchev–Trinajstić information content (AvgIpc) is 2.73. The van der Waals surface area contributed by atoms with E-state index in [1.165, 1.54) is 0 Å². The summed E-state index contributed by atoms with van der Waals surface area (Å²) in [5.74, 6) is 1.37. The van der Waals surface area contributed by atoms with E-state index in [0.29, 0.717) is 31.2 Å². The second kappa shape index (κ2) is 8.67. The Morgan fingerprint density at radius 1 is 1.10 bits per heavy atom. The monoisotopic (exact) mass is 480 g/mol. The number of carbonyl (C=O) groups is 1. The zero-order valence-corrected chi connectivity index (χ0v) is 19.4. The summed E-state index contributed by atoms with van der Waals surface area (Å²) < 4.78 is 6.55. The number of hydrogen-bond donors (Lipinski definition) is 1. The van der Waals surface area contributed by atoms with Crippen LogP contribution in [-0.2, 0) is 17.7 Å². The van der Waals surface area contributed by atoms with Crippen molar-refractivity contribution in [2.75, 3.05) is 11.9 Å². The Morgan fingerprint density at radius 3 is 2.58 bits per heavy atom. The maximum absolute atomic E-state index is 12.7. The number of anilines is 2. The molecule has 0 radical (unpaired) electrons. The van der Waals surface area contributed by atoms with Crippen LogP contribution in [0.5, 0.6) is 0 Å². The summed E-state index contributed by atoms with van der Waals surface area (Å²) in [6.07, 6.45) is 0.322. The molecule has 7 heteroatoms. The molecule has 0 unspecified atom stereocenters. The lowest BCUT2D eigenvalue weighted by Gasteiger charge is -2.31. The van der Waals surface area contributed by atoms with Crippen molar-refractivity contribution in [3.8, 4) is 11.4 Å². The molecule has 1 aliphatic heterocycles. The van der Waals surface area contributed by atoms with Crippen LogP contribution in [0.25, 0.3) is 11.4 Å². The molecular formula is C24H25BrN4O2. The van der Waals surface area contributed by atoms with Crippen LogP contribution in [0.1, 0.15) is 32.0 Å². The molecule has 0 aliphatic carbocycles. The zero-order valence-electron chi connectivity index (χ0n) is 17.9. The van der Waals surface area contributed by atoms with Crippen molar-refractivity contribution >= 4 is 33.5 Å². The molecule has 4 rings (SSSR count). The normalized spacial score (nSPS) is 13.5. The Morgan fingerprint density at radius 2 is 1.87 bits per heavy atom. The molecule has 2 heterocycles. The van der Waals surface area contributed by atoms with E-state index in [9.17, 15) is 4.79 Å². The Balaban J connectivity index is 1.71. The molecule has 0 bridgehead atoms. The number of hydrogen-bond acceptors (Lipinski definition) is 5. The molecule has 1 N–H and O–H groups in total. The third-order valence-electron chi connectivity index (χ3n) is 4.83. The van der Waals surface area contributed by atoms with E-state index in [-0.39, 0.29) is 6.09 Å². The first-order chi connectivity index (χ1) is 14.8. The number of benzene rings is 2. The predicted octanol–water partition coefficient (Wildman–Crippen LogP) is 5.94. The molecule has 0 spiro atoms. The lowest BCUT2D eigenvalue weighted by molar-refractivity contribution is 0.0223. The first-order valence-electron chi connectivity index (χ1n) is 10.2. The fourth-order valence-electron chi connectivity index (χ4n) is 3.42. The Bertz CT molecular complexity index is 1100. The van der Waals surface area contributed by atoms with Crippen LogP contribution in [0.3, 0.4) is 0 Å². The molecule has 0 fully saturated rings. The van der Waals surface area contributed by atoms with Gasteiger partial charge < -0.3 is 15.0 Å². The number of ether oxygens (including phenoxy) is 1. The van der Waals surface area contributed by atoms with Crippen LogP contribution in [0.2, 0.25) is 0 Å². The first kappa shape index (κ1) is 21.3. The molecule has 2 aromatic carbocycles. The van der Waals surface area contributed by atoms with Crippen LogP contribution in [0, 0.1) is 0 Å². The molecule has 1 aromatic heterocycles. The van der Waals surface area contributed by atoms with Gasteiger partial charge in [-0.15, -0.1) is 0 Å². The summed E-state index contributed by atoms with van der Waals surface area (Å²) in [6.45, 7) is 6.58. The summed E-state index contributed by atoms with van der Waals surface area (Å²) in [5.41, 5.74) is 3.19. The summed E-state index contributed by atoms with van der Waals surface area (Å²) >= 11 is 3.52. The molecule has 0 saturated carbocycles. The maximum atomic E-state index is 12.7. The van der Waals surface area contributed by atoms with E-state index in [0.717, 1.165) is 27.0 Å². The minimum absolute atomic E-state index is 0.321. The third kappa shape index (κ3) is 5.22. The molecule has 3 aromatic rings. The van der Waals surface area contributed by atoms with Crippen molar-refractivity contribution in [2.24, 2.45) is 0 Å². The minimum Gasteiger partial charge on any atom is -0.444 e. The van der Waals surface area contributed by atoms with Crippen LogP contribution in [0.15, 0.2) is 59.1 Å². The molecule has 1 aliphatic rings. The SMILES string of the molecule is CC(C)(C)OC(=O)N1CCc2nc(-c3ccccc3)nc(Nc3cccc(Br)c3)c2C1. The van der Waals surface area contributed by atoms with E-state index in [1.54, 1.807) is 4.90 Å². The Hall–Kier alpha value is -2.93. The smallest absolute Gasteiger partial charge is 0.410 e. The van der Waals surface area contributed by atoms with E-state index < -0.39 is 5.60 Å². The highest BCUT2D eigenvalue weighted by molar-refractivity contribution is 9.10. The van der Waals surface area contributed by atoms with E-state index in [1.807, 2.05) is 75.4 Å². The number of carbonyl (C=O) groups excluding carboxylic acids is 1. The van der Waals surface area contributed by atoms with Gasteiger partial charge in [-0.2, -0.15) is 0 Å². The van der Waals surface area contributed by atoms with Crippen molar-refractivity contribution in [3.05, 3.63) is 70.3 Å². The zero-order chi connectivity index (χ0) is 22.0. The second-order valence-electron chi connectivity index (χ2n) is 8.47. The van der Waals surface area contributed by atoms with E-state index in [4.69, 9.17) is 14.7 Å². The van der Waals surface area contributed by atoms with Gasteiger partial charge in [-0.05, 0) is 39.0 Å². The fraction of sp³-hybridized carbons (Fsp3) is 0.292. The highest BCUT2D eigenvalue weighted by Gasteiger charge is 2.29. The Labute approximate surface area is 190 Å². The second-order valence-corrected chi connectivity index (χ2v) is 9.39. The van der Waals surface area contributed by atoms with Gasteiger partial charge in [0.25, 0.3) is 0 Å². The number of halogens is 1. The molecule has 1 amide bonds. The van der Waals surface area contributed by atoms with E-state index in [2.05, 4.69) is 21.2 Å². The third-order valence-corrected chi connectivity index (χ3v) is 5.32. The first-order valence-corrected chi connectivity index (χ1v) is 11.0. The van der Waals surface area contributed by atoms with Gasteiger partial charge in [0.1, 0.15) is 11.4 Å². The van der Waals surface area contributed by atoms with Crippen molar-refractivity contribution < 1.29 is 9.53 Å². The van der Waals surface area contributed by atoms with Gasteiger partial charge in [-0.25, -0.2) is 14.8 Å². The quantitative estimate of drug-likeness (QED) is 0.501. The summed E-state index contributed by atoms with van der Waals surface area (Å²) in [4.78, 5) is 24.0. The van der Waals surface area contributed by atoms with Gasteiger partial charge >= 0.3 is 6.09 Å². The predicted molar refractivity (Wildman–Crippen MR) is 125 cm³/mol. The van der Waals surface area contributed by atoms with Gasteiger partial charge in [0.05, 0.1) is 12.2 Å². The number of nitrogens with zero attached hydrogens (tertiary/aromatic N) is 3. The number of amides is 1. The summed E-state index contributed by atoms with van der Waals surface area (Å²) in [7, 11) is 0.